The summed E-state index contributed by atoms with van der Waals surface area (Å²) in [5.74, 6) is -0.924. The van der Waals surface area contributed by atoms with Crippen molar-refractivity contribution < 1.29 is 14.2 Å². The number of nitrogens with zero attached hydrogens (tertiary/aromatic N) is 1. The number of ether oxygens (including phenoxy) is 3. The molecule has 0 aliphatic carbocycles. The molecular weight excluding hydrogens is 506 g/mol. The van der Waals surface area contributed by atoms with Crippen molar-refractivity contribution in [2.75, 3.05) is 40.5 Å². The molecule has 0 fully saturated rings. The van der Waals surface area contributed by atoms with Gasteiger partial charge in [0.2, 0.25) is 0 Å². The minimum atomic E-state index is -0.924. The van der Waals surface area contributed by atoms with Crippen LogP contribution < -0.4 is 0 Å². The molecule has 0 aromatic carbocycles. The summed E-state index contributed by atoms with van der Waals surface area (Å²) in [5, 5.41) is 0. The number of hydrogen-bond donors (Lipinski definition) is 0. The van der Waals surface area contributed by atoms with E-state index in [0.717, 1.165) is 64.3 Å². The summed E-state index contributed by atoms with van der Waals surface area (Å²) in [7, 11) is 4.27. The maximum Gasteiger partial charge on any atom is 0.282 e. The fourth-order valence-corrected chi connectivity index (χ4v) is 4.64. The molecule has 0 radical (unpaired) electrons. The lowest BCUT2D eigenvalue weighted by molar-refractivity contribution is -0.384. The van der Waals surface area contributed by atoms with Gasteiger partial charge in [0.15, 0.2) is 0 Å². The predicted molar refractivity (Wildman–Crippen MR) is 181 cm³/mol. The lowest BCUT2D eigenvalue weighted by Gasteiger charge is -2.34. The zero-order chi connectivity index (χ0) is 30.1. The Morgan fingerprint density at radius 3 is 1.10 bits per heavy atom. The minimum absolute atomic E-state index is 0.668. The molecule has 0 N–H and O–H groups in total. The minimum Gasteiger partial charge on any atom is -0.327 e. The highest BCUT2D eigenvalue weighted by molar-refractivity contribution is 4.83. The van der Waals surface area contributed by atoms with E-state index >= 15 is 0 Å². The van der Waals surface area contributed by atoms with Crippen molar-refractivity contribution in [3.8, 4) is 0 Å². The Balaban J connectivity index is 4.95. The molecule has 0 heterocycles. The number of allylic oxidation sites excluding steroid dienone is 6. The van der Waals surface area contributed by atoms with Crippen LogP contribution in [0.3, 0.4) is 0 Å². The Labute approximate surface area is 257 Å². The topological polar surface area (TPSA) is 30.9 Å². The molecule has 0 bridgehead atoms. The average molecular weight is 578 g/mol. The molecule has 0 saturated carbocycles. The van der Waals surface area contributed by atoms with Gasteiger partial charge in [0, 0.05) is 6.42 Å². The fraction of sp³-hybridized carbons (Fsp3) is 0.838. The zero-order valence-corrected chi connectivity index (χ0v) is 28.3. The van der Waals surface area contributed by atoms with Gasteiger partial charge in [0.05, 0.1) is 19.8 Å². The van der Waals surface area contributed by atoms with Crippen LogP contribution in [-0.4, -0.2) is 51.3 Å². The molecule has 0 saturated heterocycles. The maximum absolute atomic E-state index is 6.50. The van der Waals surface area contributed by atoms with Gasteiger partial charge in [-0.05, 0) is 111 Å². The summed E-state index contributed by atoms with van der Waals surface area (Å²) < 4.78 is 19.5. The smallest absolute Gasteiger partial charge is 0.282 e. The van der Waals surface area contributed by atoms with Gasteiger partial charge in [0.1, 0.15) is 0 Å². The summed E-state index contributed by atoms with van der Waals surface area (Å²) >= 11 is 0. The van der Waals surface area contributed by atoms with Gasteiger partial charge < -0.3 is 19.1 Å². The van der Waals surface area contributed by atoms with Crippen LogP contribution in [0.15, 0.2) is 36.5 Å². The first-order valence-electron chi connectivity index (χ1n) is 17.6. The molecule has 4 heteroatoms. The Morgan fingerprint density at radius 1 is 0.439 bits per heavy atom. The quantitative estimate of drug-likeness (QED) is 0.0452. The molecule has 41 heavy (non-hydrogen) atoms. The highest BCUT2D eigenvalue weighted by atomic mass is 16.9. The van der Waals surface area contributed by atoms with Gasteiger partial charge >= 0.3 is 0 Å². The SMILES string of the molecule is CCCCC/C=C\CCCOC(CCCCN(C)C)(OCCC/C=C\CCCCC)OCCC/C=C\CCCCC. The van der Waals surface area contributed by atoms with Crippen molar-refractivity contribution in [1.82, 2.24) is 4.90 Å². The highest BCUT2D eigenvalue weighted by Crippen LogP contribution is 2.25. The first-order valence-corrected chi connectivity index (χ1v) is 17.6. The number of unbranched alkanes of at least 4 members (excludes halogenated alkanes) is 13. The summed E-state index contributed by atoms with van der Waals surface area (Å²) in [6.45, 7) is 9.85. The molecule has 0 aliphatic rings. The van der Waals surface area contributed by atoms with Crippen molar-refractivity contribution in [2.24, 2.45) is 0 Å². The van der Waals surface area contributed by atoms with Gasteiger partial charge in [-0.25, -0.2) is 0 Å². The molecular formula is C37H71NO3. The molecule has 0 aliphatic heterocycles. The zero-order valence-electron chi connectivity index (χ0n) is 28.3. The van der Waals surface area contributed by atoms with Crippen molar-refractivity contribution in [3.63, 3.8) is 0 Å². The average Bonchev–Trinajstić information content (AvgIpc) is 2.96. The van der Waals surface area contributed by atoms with Crippen molar-refractivity contribution >= 4 is 0 Å². The molecule has 0 aromatic rings. The van der Waals surface area contributed by atoms with Gasteiger partial charge in [-0.15, -0.1) is 0 Å². The first-order chi connectivity index (χ1) is 20.1. The maximum atomic E-state index is 6.50. The van der Waals surface area contributed by atoms with E-state index in [9.17, 15) is 0 Å². The second kappa shape index (κ2) is 32.0. The second-order valence-electron chi connectivity index (χ2n) is 11.8. The van der Waals surface area contributed by atoms with Crippen molar-refractivity contribution in [3.05, 3.63) is 36.5 Å². The van der Waals surface area contributed by atoms with E-state index in [2.05, 4.69) is 76.2 Å². The van der Waals surface area contributed by atoms with Crippen LogP contribution in [0.25, 0.3) is 0 Å². The second-order valence-corrected chi connectivity index (χ2v) is 11.8. The Kier molecular flexibility index (Phi) is 31.3. The fourth-order valence-electron chi connectivity index (χ4n) is 4.64. The summed E-state index contributed by atoms with van der Waals surface area (Å²) in [5.41, 5.74) is 0. The van der Waals surface area contributed by atoms with Crippen LogP contribution in [0.5, 0.6) is 0 Å². The van der Waals surface area contributed by atoms with E-state index in [-0.39, 0.29) is 0 Å². The molecule has 0 spiro atoms. The van der Waals surface area contributed by atoms with E-state index in [1.54, 1.807) is 0 Å². The van der Waals surface area contributed by atoms with Crippen LogP contribution in [0.4, 0.5) is 0 Å². The lowest BCUT2D eigenvalue weighted by Crippen LogP contribution is -2.40. The van der Waals surface area contributed by atoms with Gasteiger partial charge in [-0.2, -0.15) is 0 Å². The van der Waals surface area contributed by atoms with E-state index in [1.807, 2.05) is 0 Å². The summed E-state index contributed by atoms with van der Waals surface area (Å²) in [4.78, 5) is 2.25. The molecule has 0 rings (SSSR count). The molecule has 0 amide bonds. The van der Waals surface area contributed by atoms with Crippen LogP contribution >= 0.6 is 0 Å². The first kappa shape index (κ1) is 40.1. The molecule has 4 nitrogen and oxygen atoms in total. The Bertz CT molecular complexity index is 530. The van der Waals surface area contributed by atoms with Crippen LogP contribution in [0.1, 0.15) is 156 Å². The predicted octanol–water partition coefficient (Wildman–Crippen LogP) is 11.2. The van der Waals surface area contributed by atoms with Crippen LogP contribution in [0, 0.1) is 0 Å². The highest BCUT2D eigenvalue weighted by Gasteiger charge is 2.33. The largest absolute Gasteiger partial charge is 0.327 e. The van der Waals surface area contributed by atoms with Gasteiger partial charge in [-0.3, -0.25) is 0 Å². The van der Waals surface area contributed by atoms with E-state index in [0.29, 0.717) is 19.8 Å². The Hall–Kier alpha value is -0.940. The molecule has 242 valence electrons. The third-order valence-corrected chi connectivity index (χ3v) is 7.27. The van der Waals surface area contributed by atoms with Gasteiger partial charge in [-0.1, -0.05) is 95.8 Å². The Morgan fingerprint density at radius 2 is 0.780 bits per heavy atom. The standard InChI is InChI=1S/C37H71NO3/c1-6-9-12-15-18-21-24-29-34-39-37(32-27-28-33-38(4)5,40-35-30-25-22-19-16-13-10-7-2)41-36-31-26-23-20-17-14-11-8-3/h18-23H,6-17,24-36H2,1-5H3/b21-18-,22-19-,23-20-. The molecule has 0 aromatic heterocycles. The summed E-state index contributed by atoms with van der Waals surface area (Å²) in [6.07, 6.45) is 38.3. The van der Waals surface area contributed by atoms with Gasteiger partial charge in [0.25, 0.3) is 5.97 Å². The van der Waals surface area contributed by atoms with Crippen LogP contribution in [-0.2, 0) is 14.2 Å². The lowest BCUT2D eigenvalue weighted by atomic mass is 10.2. The molecule has 0 atom stereocenters. The van der Waals surface area contributed by atoms with Crippen molar-refractivity contribution in [2.45, 2.75) is 162 Å². The molecule has 0 unspecified atom stereocenters. The summed E-state index contributed by atoms with van der Waals surface area (Å²) in [6, 6.07) is 0. The normalized spacial score (nSPS) is 12.7. The number of rotatable bonds is 32. The monoisotopic (exact) mass is 578 g/mol. The van der Waals surface area contributed by atoms with E-state index < -0.39 is 5.97 Å². The number of hydrogen-bond acceptors (Lipinski definition) is 4. The van der Waals surface area contributed by atoms with E-state index in [4.69, 9.17) is 14.2 Å². The van der Waals surface area contributed by atoms with E-state index in [1.165, 1.54) is 77.0 Å². The third kappa shape index (κ3) is 28.9. The van der Waals surface area contributed by atoms with Crippen LogP contribution in [0.2, 0.25) is 0 Å². The third-order valence-electron chi connectivity index (χ3n) is 7.27. The van der Waals surface area contributed by atoms with Crippen molar-refractivity contribution in [1.29, 1.82) is 0 Å².